The van der Waals surface area contributed by atoms with Crippen LogP contribution in [-0.2, 0) is 14.8 Å². The van der Waals surface area contributed by atoms with Gasteiger partial charge >= 0.3 is 0 Å². The van der Waals surface area contributed by atoms with Gasteiger partial charge in [0.15, 0.2) is 0 Å². The highest BCUT2D eigenvalue weighted by atomic mass is 32.2. The van der Waals surface area contributed by atoms with Gasteiger partial charge in [0, 0.05) is 19.0 Å². The van der Waals surface area contributed by atoms with Crippen molar-refractivity contribution < 1.29 is 13.2 Å². The number of primary amides is 1. The number of nitrogens with two attached hydrogens (primary N) is 1. The molecule has 0 atom stereocenters. The Kier molecular flexibility index (Phi) is 5.55. The number of amides is 1. The molecular weight excluding hydrogens is 302 g/mol. The van der Waals surface area contributed by atoms with Crippen molar-refractivity contribution in [3.63, 3.8) is 0 Å². The van der Waals surface area contributed by atoms with E-state index in [-0.39, 0.29) is 23.9 Å². The summed E-state index contributed by atoms with van der Waals surface area (Å²) in [5, 5.41) is 3.22. The summed E-state index contributed by atoms with van der Waals surface area (Å²) in [6, 6.07) is 6.76. The number of carbonyl (C=O) groups excluding carboxylic acids is 1. The lowest BCUT2D eigenvalue weighted by molar-refractivity contribution is -0.118. The van der Waals surface area contributed by atoms with Crippen molar-refractivity contribution >= 4 is 15.9 Å². The van der Waals surface area contributed by atoms with E-state index in [0.29, 0.717) is 0 Å². The zero-order chi connectivity index (χ0) is 16.2. The van der Waals surface area contributed by atoms with Crippen molar-refractivity contribution in [3.8, 4) is 0 Å². The first-order valence-electron chi connectivity index (χ1n) is 7.49. The Morgan fingerprint density at radius 3 is 2.64 bits per heavy atom. The van der Waals surface area contributed by atoms with Crippen LogP contribution in [0.4, 0.5) is 0 Å². The van der Waals surface area contributed by atoms with Crippen LogP contribution in [0.2, 0.25) is 0 Å². The van der Waals surface area contributed by atoms with Crippen molar-refractivity contribution in [2.24, 2.45) is 5.73 Å². The average molecular weight is 325 g/mol. The van der Waals surface area contributed by atoms with Crippen LogP contribution >= 0.6 is 0 Å². The molecule has 1 aliphatic heterocycles. The van der Waals surface area contributed by atoms with E-state index in [0.717, 1.165) is 31.5 Å². The average Bonchev–Trinajstić information content (AvgIpc) is 2.48. The molecule has 0 aromatic heterocycles. The van der Waals surface area contributed by atoms with E-state index in [1.165, 1.54) is 4.31 Å². The van der Waals surface area contributed by atoms with Crippen molar-refractivity contribution in [3.05, 3.63) is 29.8 Å². The van der Waals surface area contributed by atoms with Crippen LogP contribution in [-0.4, -0.2) is 44.3 Å². The van der Waals surface area contributed by atoms with Gasteiger partial charge in [-0.1, -0.05) is 12.1 Å². The summed E-state index contributed by atoms with van der Waals surface area (Å²) in [7, 11) is -3.62. The number of carbonyl (C=O) groups is 1. The predicted octanol–water partition coefficient (Wildman–Crippen LogP) is 0.613. The van der Waals surface area contributed by atoms with Gasteiger partial charge in [-0.15, -0.1) is 0 Å². The number of rotatable bonds is 6. The number of hydrogen-bond donors (Lipinski definition) is 2. The van der Waals surface area contributed by atoms with Gasteiger partial charge in [0.25, 0.3) is 0 Å². The first-order chi connectivity index (χ1) is 10.4. The normalized spacial score (nSPS) is 16.8. The number of hydrogen-bond acceptors (Lipinski definition) is 4. The maximum Gasteiger partial charge on any atom is 0.243 e. The van der Waals surface area contributed by atoms with Crippen LogP contribution in [0, 0.1) is 6.92 Å². The zero-order valence-electron chi connectivity index (χ0n) is 12.8. The van der Waals surface area contributed by atoms with Crippen molar-refractivity contribution in [1.29, 1.82) is 0 Å². The van der Waals surface area contributed by atoms with Gasteiger partial charge in [-0.2, -0.15) is 4.31 Å². The lowest BCUT2D eigenvalue weighted by Gasteiger charge is -2.33. The monoisotopic (exact) mass is 325 g/mol. The molecule has 7 heteroatoms. The van der Waals surface area contributed by atoms with Crippen LogP contribution in [0.25, 0.3) is 0 Å². The molecule has 1 saturated heterocycles. The van der Waals surface area contributed by atoms with Gasteiger partial charge in [-0.3, -0.25) is 4.79 Å². The molecule has 0 spiro atoms. The molecular formula is C15H23N3O3S. The summed E-state index contributed by atoms with van der Waals surface area (Å²) < 4.78 is 27.4. The highest BCUT2D eigenvalue weighted by Gasteiger charge is 2.32. The third-order valence-corrected chi connectivity index (χ3v) is 5.84. The van der Waals surface area contributed by atoms with Gasteiger partial charge in [-0.05, 0) is 50.6 Å². The van der Waals surface area contributed by atoms with Gasteiger partial charge in [0.05, 0.1) is 4.90 Å². The fraction of sp³-hybridized carbons (Fsp3) is 0.533. The second-order valence-electron chi connectivity index (χ2n) is 5.63. The minimum atomic E-state index is -3.62. The molecule has 0 radical (unpaired) electrons. The van der Waals surface area contributed by atoms with Crippen LogP contribution in [0.1, 0.15) is 24.8 Å². The van der Waals surface area contributed by atoms with Crippen LogP contribution < -0.4 is 11.1 Å². The van der Waals surface area contributed by atoms with Crippen molar-refractivity contribution in [1.82, 2.24) is 9.62 Å². The molecule has 0 saturated carbocycles. The van der Waals surface area contributed by atoms with E-state index in [1.807, 2.05) is 13.0 Å². The van der Waals surface area contributed by atoms with Crippen molar-refractivity contribution in [2.45, 2.75) is 37.1 Å². The zero-order valence-corrected chi connectivity index (χ0v) is 13.6. The first kappa shape index (κ1) is 16.9. The first-order valence-corrected chi connectivity index (χ1v) is 8.93. The fourth-order valence-corrected chi connectivity index (χ4v) is 4.52. The maximum atomic E-state index is 12.9. The van der Waals surface area contributed by atoms with E-state index >= 15 is 0 Å². The van der Waals surface area contributed by atoms with Gasteiger partial charge in [0.2, 0.25) is 15.9 Å². The Balaban J connectivity index is 2.31. The molecule has 22 heavy (non-hydrogen) atoms. The molecule has 6 nitrogen and oxygen atoms in total. The second-order valence-corrected chi connectivity index (χ2v) is 7.52. The van der Waals surface area contributed by atoms with Crippen LogP contribution in [0.15, 0.2) is 29.2 Å². The molecule has 1 aliphatic rings. The number of piperidine rings is 1. The molecule has 1 aromatic carbocycles. The van der Waals surface area contributed by atoms with Gasteiger partial charge in [0.1, 0.15) is 0 Å². The topological polar surface area (TPSA) is 92.5 Å². The summed E-state index contributed by atoms with van der Waals surface area (Å²) in [4.78, 5) is 11.4. The highest BCUT2D eigenvalue weighted by molar-refractivity contribution is 7.89. The Bertz CT molecular complexity index is 625. The predicted molar refractivity (Wildman–Crippen MR) is 84.8 cm³/mol. The van der Waals surface area contributed by atoms with E-state index in [1.54, 1.807) is 18.2 Å². The molecule has 0 unspecified atom stereocenters. The van der Waals surface area contributed by atoms with Gasteiger partial charge < -0.3 is 11.1 Å². The fourth-order valence-electron chi connectivity index (χ4n) is 2.73. The standard InChI is InChI=1S/C15H23N3O3S/c1-12-3-2-4-14(11-12)22(20,21)18(10-7-15(16)19)13-5-8-17-9-6-13/h2-4,11,13,17H,5-10H2,1H3,(H2,16,19). The highest BCUT2D eigenvalue weighted by Crippen LogP contribution is 2.23. The Morgan fingerprint density at radius 1 is 1.36 bits per heavy atom. The number of aryl methyl sites for hydroxylation is 1. The molecule has 2 rings (SSSR count). The second kappa shape index (κ2) is 7.21. The molecule has 0 aliphatic carbocycles. The number of nitrogens with zero attached hydrogens (tertiary/aromatic N) is 1. The Morgan fingerprint density at radius 2 is 2.05 bits per heavy atom. The third kappa shape index (κ3) is 4.06. The third-order valence-electron chi connectivity index (χ3n) is 3.89. The van der Waals surface area contributed by atoms with E-state index in [2.05, 4.69) is 5.32 Å². The Hall–Kier alpha value is -1.44. The Labute approximate surface area is 131 Å². The maximum absolute atomic E-state index is 12.9. The van der Waals surface area contributed by atoms with E-state index in [4.69, 9.17) is 5.73 Å². The molecule has 122 valence electrons. The molecule has 1 aromatic rings. The largest absolute Gasteiger partial charge is 0.370 e. The van der Waals surface area contributed by atoms with E-state index < -0.39 is 15.9 Å². The molecule has 0 bridgehead atoms. The molecule has 3 N–H and O–H groups in total. The minimum Gasteiger partial charge on any atom is -0.370 e. The molecule has 1 heterocycles. The lowest BCUT2D eigenvalue weighted by atomic mass is 10.1. The summed E-state index contributed by atoms with van der Waals surface area (Å²) >= 11 is 0. The molecule has 1 fully saturated rings. The lowest BCUT2D eigenvalue weighted by Crippen LogP contribution is -2.47. The van der Waals surface area contributed by atoms with Crippen molar-refractivity contribution in [2.75, 3.05) is 19.6 Å². The van der Waals surface area contributed by atoms with Crippen LogP contribution in [0.5, 0.6) is 0 Å². The quantitative estimate of drug-likeness (QED) is 0.801. The van der Waals surface area contributed by atoms with E-state index in [9.17, 15) is 13.2 Å². The van der Waals surface area contributed by atoms with Crippen LogP contribution in [0.3, 0.4) is 0 Å². The SMILES string of the molecule is Cc1cccc(S(=O)(=O)N(CCC(N)=O)C2CCNCC2)c1. The summed E-state index contributed by atoms with van der Waals surface area (Å²) in [6.07, 6.45) is 1.52. The summed E-state index contributed by atoms with van der Waals surface area (Å²) in [5.74, 6) is -0.488. The molecule has 1 amide bonds. The summed E-state index contributed by atoms with van der Waals surface area (Å²) in [5.41, 5.74) is 6.09. The van der Waals surface area contributed by atoms with Gasteiger partial charge in [-0.25, -0.2) is 8.42 Å². The number of nitrogens with one attached hydrogen (secondary N) is 1. The minimum absolute atomic E-state index is 0.0367. The smallest absolute Gasteiger partial charge is 0.243 e. The summed E-state index contributed by atoms with van der Waals surface area (Å²) in [6.45, 7) is 3.55. The number of benzene rings is 1. The number of sulfonamides is 1.